The van der Waals surface area contributed by atoms with E-state index in [0.29, 0.717) is 0 Å². The van der Waals surface area contributed by atoms with Crippen LogP contribution in [0.3, 0.4) is 0 Å². The fourth-order valence-corrected chi connectivity index (χ4v) is 0. The van der Waals surface area contributed by atoms with Gasteiger partial charge < -0.3 is 4.90 Å². The van der Waals surface area contributed by atoms with Gasteiger partial charge in [-0.2, -0.15) is 0 Å². The third-order valence-electron chi connectivity index (χ3n) is 0. The second-order valence-corrected chi connectivity index (χ2v) is 2.46. The topological polar surface area (TPSA) is 3.24 Å². The van der Waals surface area contributed by atoms with Gasteiger partial charge in [0.2, 0.25) is 0 Å². The third kappa shape index (κ3) is 1160. The van der Waals surface area contributed by atoms with Crippen LogP contribution in [0.4, 0.5) is 0 Å². The molecular formula is C5H11NSn. The van der Waals surface area contributed by atoms with Gasteiger partial charge in [-0.1, -0.05) is 0 Å². The third-order valence-corrected chi connectivity index (χ3v) is 0. The molecule has 0 fully saturated rings. The molecule has 2 heteroatoms. The Labute approximate surface area is 59.2 Å². The van der Waals surface area contributed by atoms with Gasteiger partial charge in [-0.15, -0.1) is 0 Å². The van der Waals surface area contributed by atoms with Crippen molar-refractivity contribution in [3.63, 3.8) is 0 Å². The van der Waals surface area contributed by atoms with Crippen LogP contribution in [-0.4, -0.2) is 48.6 Å². The van der Waals surface area contributed by atoms with Gasteiger partial charge in [0.05, 0.1) is 0 Å². The molecule has 7 heavy (non-hydrogen) atoms. The average Bonchev–Trinajstić information content (AvgIpc) is 1.33. The van der Waals surface area contributed by atoms with Gasteiger partial charge in [-0.3, -0.25) is 0 Å². The van der Waals surface area contributed by atoms with Crippen molar-refractivity contribution in [3.05, 3.63) is 0 Å². The Balaban J connectivity index is 0. The largest absolute Gasteiger partial charge is 0.312 e. The molecule has 0 unspecified atom stereocenters. The Kier molecular flexibility index (Phi) is 14.1. The molecule has 0 aliphatic heterocycles. The van der Waals surface area contributed by atoms with E-state index in [-0.39, 0.29) is 0 Å². The van der Waals surface area contributed by atoms with Crippen molar-refractivity contribution in [3.8, 4) is 10.4 Å². The summed E-state index contributed by atoms with van der Waals surface area (Å²) in [5.41, 5.74) is 0. The van der Waals surface area contributed by atoms with Gasteiger partial charge in [-0.25, -0.2) is 0 Å². The first kappa shape index (κ1) is 10.3. The number of hydrogen-bond acceptors (Lipinski definition) is 1. The maximum atomic E-state index is 4.66. The monoisotopic (exact) mass is 205 g/mol. The molecule has 0 aliphatic rings. The summed E-state index contributed by atoms with van der Waals surface area (Å²) in [5.74, 6) is 0. The molecule has 0 aromatic heterocycles. The first-order valence-electron chi connectivity index (χ1n) is 1.92. The van der Waals surface area contributed by atoms with E-state index in [0.717, 1.165) is 22.5 Å². The number of terminal acetylenes is 1. The van der Waals surface area contributed by atoms with Crippen molar-refractivity contribution in [2.24, 2.45) is 0 Å². The molecular weight excluding hydrogens is 193 g/mol. The van der Waals surface area contributed by atoms with E-state index in [1.165, 1.54) is 0 Å². The van der Waals surface area contributed by atoms with E-state index in [1.54, 1.807) is 0 Å². The maximum Gasteiger partial charge on any atom is -0.0140 e. The van der Waals surface area contributed by atoms with E-state index in [4.69, 9.17) is 0 Å². The molecule has 0 aromatic carbocycles. The quantitative estimate of drug-likeness (QED) is 0.385. The van der Waals surface area contributed by atoms with E-state index < -0.39 is 0 Å². The van der Waals surface area contributed by atoms with Crippen LogP contribution in [0.15, 0.2) is 0 Å². The van der Waals surface area contributed by atoms with E-state index in [2.05, 4.69) is 10.4 Å². The Morgan fingerprint density at radius 2 is 1.43 bits per heavy atom. The Hall–Kier alpha value is 0.319. The van der Waals surface area contributed by atoms with E-state index in [1.807, 2.05) is 26.0 Å². The van der Waals surface area contributed by atoms with Crippen molar-refractivity contribution in [1.82, 2.24) is 4.90 Å². The predicted octanol–water partition coefficient (Wildman–Crippen LogP) is -0.344. The van der Waals surface area contributed by atoms with E-state index >= 15 is 0 Å². The Morgan fingerprint density at radius 1 is 1.43 bits per heavy atom. The molecule has 0 rings (SSSR count). The zero-order valence-electron chi connectivity index (χ0n) is 5.10. The number of hydrogen-bond donors (Lipinski definition) is 0. The molecule has 0 saturated heterocycles. The molecule has 0 saturated carbocycles. The normalized spacial score (nSPS) is 6.29. The SMILES string of the molecule is C#[C][SnH].CN(C)C. The van der Waals surface area contributed by atoms with Crippen molar-refractivity contribution >= 4 is 22.5 Å². The minimum absolute atomic E-state index is 0.945. The molecule has 0 N–H and O–H groups in total. The van der Waals surface area contributed by atoms with Gasteiger partial charge in [-0.05, 0) is 21.1 Å². The second kappa shape index (κ2) is 9.58. The van der Waals surface area contributed by atoms with Crippen LogP contribution in [0, 0.1) is 10.4 Å². The van der Waals surface area contributed by atoms with Crippen LogP contribution in [0.5, 0.6) is 0 Å². The standard InChI is InChI=1S/C3H9N.C2H.Sn.H/c1-4(2)3;1-2;;/h1-3H3;1H;;. The summed E-state index contributed by atoms with van der Waals surface area (Å²) in [6.45, 7) is 0. The van der Waals surface area contributed by atoms with Gasteiger partial charge in [0.1, 0.15) is 0 Å². The van der Waals surface area contributed by atoms with E-state index in [9.17, 15) is 0 Å². The molecule has 0 bridgehead atoms. The van der Waals surface area contributed by atoms with Crippen LogP contribution in [0.2, 0.25) is 0 Å². The summed E-state index contributed by atoms with van der Waals surface area (Å²) >= 11 is 0.945. The van der Waals surface area contributed by atoms with Gasteiger partial charge in [0.15, 0.2) is 0 Å². The summed E-state index contributed by atoms with van der Waals surface area (Å²) in [4.78, 5) is 2.00. The zero-order valence-corrected chi connectivity index (χ0v) is 8.40. The Bertz CT molecular complexity index is 50.8. The van der Waals surface area contributed by atoms with Gasteiger partial charge >= 0.3 is 32.9 Å². The minimum Gasteiger partial charge on any atom is -0.312 e. The molecule has 0 amide bonds. The fraction of sp³-hybridized carbons (Fsp3) is 0.600. The van der Waals surface area contributed by atoms with Crippen LogP contribution in [0.25, 0.3) is 0 Å². The van der Waals surface area contributed by atoms with Crippen LogP contribution in [-0.2, 0) is 0 Å². The van der Waals surface area contributed by atoms with Crippen LogP contribution in [0.1, 0.15) is 0 Å². The number of rotatable bonds is 0. The summed E-state index contributed by atoms with van der Waals surface area (Å²) in [5, 5.41) is 0. The van der Waals surface area contributed by atoms with Crippen LogP contribution < -0.4 is 0 Å². The summed E-state index contributed by atoms with van der Waals surface area (Å²) in [6, 6.07) is 0. The molecule has 0 heterocycles. The molecule has 1 nitrogen and oxygen atoms in total. The first-order chi connectivity index (χ1) is 3.15. The fourth-order valence-electron chi connectivity index (χ4n) is 0. The average molecular weight is 204 g/mol. The second-order valence-electron chi connectivity index (χ2n) is 1.51. The molecule has 0 atom stereocenters. The number of nitrogens with zero attached hydrogens (tertiary/aromatic N) is 1. The molecule has 2 radical (unpaired) electrons. The van der Waals surface area contributed by atoms with Crippen LogP contribution >= 0.6 is 0 Å². The van der Waals surface area contributed by atoms with Gasteiger partial charge in [0.25, 0.3) is 0 Å². The van der Waals surface area contributed by atoms with Gasteiger partial charge in [0, 0.05) is 0 Å². The summed E-state index contributed by atoms with van der Waals surface area (Å²) in [6.07, 6.45) is 4.66. The molecule has 40 valence electrons. The van der Waals surface area contributed by atoms with Crippen molar-refractivity contribution in [1.29, 1.82) is 0 Å². The van der Waals surface area contributed by atoms with Crippen molar-refractivity contribution in [2.75, 3.05) is 21.1 Å². The molecule has 0 spiro atoms. The Morgan fingerprint density at radius 3 is 1.43 bits per heavy atom. The van der Waals surface area contributed by atoms with Crippen molar-refractivity contribution < 1.29 is 0 Å². The molecule has 0 aliphatic carbocycles. The summed E-state index contributed by atoms with van der Waals surface area (Å²) in [7, 11) is 6.00. The molecule has 0 aromatic rings. The summed E-state index contributed by atoms with van der Waals surface area (Å²) < 4.78 is 2.38. The van der Waals surface area contributed by atoms with Crippen molar-refractivity contribution in [2.45, 2.75) is 0 Å². The minimum atomic E-state index is 0.945. The predicted molar refractivity (Wildman–Crippen MR) is 35.6 cm³/mol. The first-order valence-corrected chi connectivity index (χ1v) is 3.57. The smallest absolute Gasteiger partial charge is 0.0140 e. The zero-order chi connectivity index (χ0) is 6.28. The maximum absolute atomic E-state index is 4.66.